The number of Topliss-reactive ketones (excluding diaryl/α,β-unsaturated/α-hetero) is 1. The van der Waals surface area contributed by atoms with E-state index in [1.807, 2.05) is 6.08 Å². The molecule has 39 heavy (non-hydrogen) atoms. The number of rotatable bonds is 5. The predicted octanol–water partition coefficient (Wildman–Crippen LogP) is 5.62. The average molecular weight is 583 g/mol. The standard InChI is InChI=1S/C28H21Cl2FN4O3S/c29-22-4-3-6-25(26(22)30)39(37,38)34-13-11-19-14-24-18(16-33-35(24)21-9-7-20(31)8-10-21)15-28(19,17-34)27(36)23-5-1-2-12-32-23/h1-10,12,14,16H,11,13,15,17H2. The number of sulfonamides is 1. The van der Waals surface area contributed by atoms with Crippen molar-refractivity contribution in [2.24, 2.45) is 5.41 Å². The van der Waals surface area contributed by atoms with Crippen LogP contribution in [-0.2, 0) is 16.4 Å². The van der Waals surface area contributed by atoms with Crippen LogP contribution < -0.4 is 0 Å². The van der Waals surface area contributed by atoms with Crippen LogP contribution in [0.2, 0.25) is 10.0 Å². The lowest BCUT2D eigenvalue weighted by Crippen LogP contribution is -2.53. The quantitative estimate of drug-likeness (QED) is 0.285. The van der Waals surface area contributed by atoms with Crippen molar-refractivity contribution in [1.29, 1.82) is 0 Å². The molecule has 0 bridgehead atoms. The van der Waals surface area contributed by atoms with E-state index < -0.39 is 15.4 Å². The second-order valence-corrected chi connectivity index (χ2v) is 12.2. The van der Waals surface area contributed by atoms with E-state index >= 15 is 0 Å². The number of aromatic nitrogens is 3. The van der Waals surface area contributed by atoms with E-state index in [0.717, 1.165) is 16.8 Å². The maximum atomic E-state index is 14.2. The Labute approximate surface area is 234 Å². The average Bonchev–Trinajstić information content (AvgIpc) is 3.35. The normalized spacial score (nSPS) is 19.2. The summed E-state index contributed by atoms with van der Waals surface area (Å²) in [6.45, 7) is 0.0505. The topological polar surface area (TPSA) is 85.2 Å². The van der Waals surface area contributed by atoms with Gasteiger partial charge in [0.1, 0.15) is 16.4 Å². The molecule has 1 saturated heterocycles. The molecule has 7 nitrogen and oxygen atoms in total. The van der Waals surface area contributed by atoms with Crippen LogP contribution >= 0.6 is 23.2 Å². The zero-order valence-corrected chi connectivity index (χ0v) is 22.7. The van der Waals surface area contributed by atoms with Crippen LogP contribution in [0.3, 0.4) is 0 Å². The van der Waals surface area contributed by atoms with Gasteiger partial charge in [-0.05, 0) is 73.0 Å². The van der Waals surface area contributed by atoms with Crippen LogP contribution in [0.25, 0.3) is 11.8 Å². The molecule has 2 aliphatic rings. The number of benzene rings is 2. The molecule has 1 aliphatic heterocycles. The molecular formula is C28H21Cl2FN4O3S. The van der Waals surface area contributed by atoms with Crippen LogP contribution in [0.1, 0.15) is 28.2 Å². The van der Waals surface area contributed by atoms with Gasteiger partial charge in [-0.15, -0.1) is 0 Å². The van der Waals surface area contributed by atoms with Gasteiger partial charge in [0.05, 0.1) is 33.0 Å². The Balaban J connectivity index is 1.46. The summed E-state index contributed by atoms with van der Waals surface area (Å²) in [7, 11) is -4.08. The number of nitrogens with zero attached hydrogens (tertiary/aromatic N) is 4. The van der Waals surface area contributed by atoms with Gasteiger partial charge in [0.25, 0.3) is 0 Å². The number of halogens is 3. The lowest BCUT2D eigenvalue weighted by atomic mass is 9.65. The molecule has 1 unspecified atom stereocenters. The van der Waals surface area contributed by atoms with Crippen molar-refractivity contribution in [3.63, 3.8) is 0 Å². The van der Waals surface area contributed by atoms with Gasteiger partial charge >= 0.3 is 0 Å². The molecule has 1 aliphatic carbocycles. The van der Waals surface area contributed by atoms with E-state index in [1.165, 1.54) is 40.8 Å². The molecule has 0 radical (unpaired) electrons. The molecule has 0 N–H and O–H groups in total. The molecule has 1 fully saturated rings. The molecule has 2 aromatic heterocycles. The number of pyridine rings is 1. The summed E-state index contributed by atoms with van der Waals surface area (Å²) in [6.07, 6.45) is 5.65. The first kappa shape index (κ1) is 25.9. The van der Waals surface area contributed by atoms with E-state index in [9.17, 15) is 17.6 Å². The molecule has 4 aromatic rings. The molecule has 3 heterocycles. The molecule has 198 valence electrons. The Hall–Kier alpha value is -3.37. The number of fused-ring (bicyclic) bond motifs is 2. The SMILES string of the molecule is O=C(c1ccccn1)C12Cc3cnn(-c4ccc(F)cc4)c3C=C1CCN(S(=O)(=O)c1cccc(Cl)c1Cl)C2. The maximum absolute atomic E-state index is 14.2. The third-order valence-corrected chi connectivity index (χ3v) is 10.1. The summed E-state index contributed by atoms with van der Waals surface area (Å²) in [5, 5.41) is 4.59. The molecular weight excluding hydrogens is 562 g/mol. The first-order chi connectivity index (χ1) is 18.7. The first-order valence-electron chi connectivity index (χ1n) is 12.1. The summed E-state index contributed by atoms with van der Waals surface area (Å²) in [4.78, 5) is 18.4. The van der Waals surface area contributed by atoms with Crippen LogP contribution in [0.15, 0.2) is 83.5 Å². The summed E-state index contributed by atoms with van der Waals surface area (Å²) in [5.74, 6) is -0.627. The maximum Gasteiger partial charge on any atom is 0.244 e. The van der Waals surface area contributed by atoms with Gasteiger partial charge in [-0.25, -0.2) is 17.5 Å². The second kappa shape index (κ2) is 9.67. The third kappa shape index (κ3) is 4.30. The highest BCUT2D eigenvalue weighted by atomic mass is 35.5. The van der Waals surface area contributed by atoms with E-state index in [-0.39, 0.29) is 51.7 Å². The van der Waals surface area contributed by atoms with Crippen molar-refractivity contribution in [1.82, 2.24) is 19.1 Å². The van der Waals surface area contributed by atoms with Gasteiger partial charge in [0, 0.05) is 19.3 Å². The fraction of sp³-hybridized carbons (Fsp3) is 0.179. The summed E-state index contributed by atoms with van der Waals surface area (Å²) < 4.78 is 44.1. The minimum atomic E-state index is -4.08. The van der Waals surface area contributed by atoms with Crippen LogP contribution in [-0.4, -0.2) is 46.4 Å². The molecule has 0 spiro atoms. The first-order valence-corrected chi connectivity index (χ1v) is 14.3. The van der Waals surface area contributed by atoms with Gasteiger partial charge in [-0.1, -0.05) is 40.9 Å². The molecule has 11 heteroatoms. The van der Waals surface area contributed by atoms with Crippen LogP contribution in [0, 0.1) is 11.2 Å². The number of piperidine rings is 1. The van der Waals surface area contributed by atoms with Gasteiger partial charge in [-0.2, -0.15) is 9.40 Å². The highest BCUT2D eigenvalue weighted by Gasteiger charge is 2.51. The third-order valence-electron chi connectivity index (χ3n) is 7.32. The smallest absolute Gasteiger partial charge is 0.244 e. The zero-order valence-electron chi connectivity index (χ0n) is 20.4. The Morgan fingerprint density at radius 3 is 2.56 bits per heavy atom. The molecule has 1 atom stereocenters. The fourth-order valence-electron chi connectivity index (χ4n) is 5.37. The Bertz CT molecular complexity index is 1740. The second-order valence-electron chi connectivity index (χ2n) is 9.56. The molecule has 0 amide bonds. The van der Waals surface area contributed by atoms with Crippen molar-refractivity contribution in [2.75, 3.05) is 13.1 Å². The number of ketones is 1. The minimum absolute atomic E-state index is 0.0582. The van der Waals surface area contributed by atoms with Crippen LogP contribution in [0.5, 0.6) is 0 Å². The van der Waals surface area contributed by atoms with Gasteiger partial charge in [0.2, 0.25) is 10.0 Å². The van der Waals surface area contributed by atoms with E-state index in [2.05, 4.69) is 10.1 Å². The van der Waals surface area contributed by atoms with Gasteiger partial charge in [-0.3, -0.25) is 9.78 Å². The van der Waals surface area contributed by atoms with Gasteiger partial charge in [0.15, 0.2) is 5.78 Å². The number of carbonyl (C=O) groups excluding carboxylic acids is 1. The van der Waals surface area contributed by atoms with Crippen molar-refractivity contribution in [3.8, 4) is 5.69 Å². The number of hydrogen-bond acceptors (Lipinski definition) is 5. The Kier molecular flexibility index (Phi) is 6.42. The zero-order chi connectivity index (χ0) is 27.4. The van der Waals surface area contributed by atoms with E-state index in [4.69, 9.17) is 23.2 Å². The van der Waals surface area contributed by atoms with Crippen molar-refractivity contribution in [2.45, 2.75) is 17.7 Å². The summed E-state index contributed by atoms with van der Waals surface area (Å²) in [5.41, 5.74) is 2.06. The van der Waals surface area contributed by atoms with Crippen molar-refractivity contribution < 1.29 is 17.6 Å². The van der Waals surface area contributed by atoms with Gasteiger partial charge < -0.3 is 0 Å². The molecule has 0 saturated carbocycles. The van der Waals surface area contributed by atoms with E-state index in [1.54, 1.807) is 41.2 Å². The lowest BCUT2D eigenvalue weighted by Gasteiger charge is -2.44. The predicted molar refractivity (Wildman–Crippen MR) is 146 cm³/mol. The number of carbonyl (C=O) groups is 1. The Morgan fingerprint density at radius 1 is 1.03 bits per heavy atom. The summed E-state index contributed by atoms with van der Waals surface area (Å²) in [6, 6.07) is 15.5. The van der Waals surface area contributed by atoms with Crippen molar-refractivity contribution in [3.05, 3.63) is 111 Å². The van der Waals surface area contributed by atoms with Crippen molar-refractivity contribution >= 4 is 45.1 Å². The highest BCUT2D eigenvalue weighted by Crippen LogP contribution is 2.47. The Morgan fingerprint density at radius 2 is 1.82 bits per heavy atom. The number of hydrogen-bond donors (Lipinski definition) is 0. The summed E-state index contributed by atoms with van der Waals surface area (Å²) >= 11 is 12.4. The molecule has 6 rings (SSSR count). The monoisotopic (exact) mass is 582 g/mol. The molecule has 2 aromatic carbocycles. The minimum Gasteiger partial charge on any atom is -0.291 e. The van der Waals surface area contributed by atoms with E-state index in [0.29, 0.717) is 12.1 Å². The highest BCUT2D eigenvalue weighted by molar-refractivity contribution is 7.89. The lowest BCUT2D eigenvalue weighted by molar-refractivity contribution is 0.0770. The fourth-order valence-corrected chi connectivity index (χ4v) is 7.61. The van der Waals surface area contributed by atoms with Crippen LogP contribution in [0.4, 0.5) is 4.39 Å². The largest absolute Gasteiger partial charge is 0.291 e.